The molecule has 1 atom stereocenters. The standard InChI is InChI=1S/C25H21BrN6O/c1-15-6-8-16(9-7-15)21-14-22(32(30-21)25(27)28)23-29-20-5-3-2-4-19(20)24(33)31(23)18-12-10-17(26)11-13-18/h2-13,22H,14H2,1H3,(H3,27,28). The molecule has 0 amide bonds. The van der Waals surface area contributed by atoms with Crippen molar-refractivity contribution < 1.29 is 0 Å². The topological polar surface area (TPSA) is 100 Å². The lowest BCUT2D eigenvalue weighted by molar-refractivity contribution is 0.344. The van der Waals surface area contributed by atoms with Gasteiger partial charge in [0.15, 0.2) is 0 Å². The minimum absolute atomic E-state index is 0.176. The van der Waals surface area contributed by atoms with Gasteiger partial charge in [-0.1, -0.05) is 57.9 Å². The molecule has 3 N–H and O–H groups in total. The molecule has 164 valence electrons. The molecule has 0 radical (unpaired) electrons. The van der Waals surface area contributed by atoms with Gasteiger partial charge in [0.25, 0.3) is 5.56 Å². The van der Waals surface area contributed by atoms with E-state index in [1.54, 1.807) is 10.6 Å². The van der Waals surface area contributed by atoms with Gasteiger partial charge in [-0.15, -0.1) is 0 Å². The second-order valence-electron chi connectivity index (χ2n) is 7.97. The molecule has 5 rings (SSSR count). The van der Waals surface area contributed by atoms with E-state index in [2.05, 4.69) is 21.0 Å². The average molecular weight is 501 g/mol. The van der Waals surface area contributed by atoms with E-state index in [4.69, 9.17) is 16.1 Å². The number of nitrogens with zero attached hydrogens (tertiary/aromatic N) is 4. The van der Waals surface area contributed by atoms with E-state index in [-0.39, 0.29) is 11.5 Å². The summed E-state index contributed by atoms with van der Waals surface area (Å²) < 4.78 is 2.51. The molecule has 2 heterocycles. The maximum absolute atomic E-state index is 13.6. The summed E-state index contributed by atoms with van der Waals surface area (Å²) in [5.41, 5.74) is 9.93. The largest absolute Gasteiger partial charge is 0.369 e. The maximum Gasteiger partial charge on any atom is 0.266 e. The molecule has 3 aromatic carbocycles. The van der Waals surface area contributed by atoms with Crippen LogP contribution in [0.3, 0.4) is 0 Å². The van der Waals surface area contributed by atoms with Gasteiger partial charge in [-0.3, -0.25) is 14.8 Å². The number of nitrogens with one attached hydrogen (secondary N) is 1. The molecular weight excluding hydrogens is 480 g/mol. The van der Waals surface area contributed by atoms with Crippen LogP contribution in [-0.2, 0) is 0 Å². The van der Waals surface area contributed by atoms with Crippen molar-refractivity contribution in [2.75, 3.05) is 0 Å². The van der Waals surface area contributed by atoms with E-state index in [0.29, 0.717) is 28.8 Å². The minimum atomic E-state index is -0.500. The van der Waals surface area contributed by atoms with Crippen molar-refractivity contribution in [1.82, 2.24) is 14.6 Å². The van der Waals surface area contributed by atoms with Gasteiger partial charge < -0.3 is 5.73 Å². The van der Waals surface area contributed by atoms with Crippen LogP contribution in [0, 0.1) is 12.3 Å². The summed E-state index contributed by atoms with van der Waals surface area (Å²) in [6.07, 6.45) is 0.462. The van der Waals surface area contributed by atoms with Crippen molar-refractivity contribution in [3.63, 3.8) is 0 Å². The number of halogens is 1. The summed E-state index contributed by atoms with van der Waals surface area (Å²) in [6, 6.07) is 22.3. The number of guanidine groups is 1. The number of rotatable bonds is 3. The van der Waals surface area contributed by atoms with E-state index in [9.17, 15) is 4.79 Å². The number of hydrazone groups is 1. The molecule has 0 spiro atoms. The number of fused-ring (bicyclic) bond motifs is 1. The molecule has 1 unspecified atom stereocenters. The fourth-order valence-electron chi connectivity index (χ4n) is 4.07. The first-order chi connectivity index (χ1) is 15.9. The minimum Gasteiger partial charge on any atom is -0.369 e. The molecule has 33 heavy (non-hydrogen) atoms. The zero-order chi connectivity index (χ0) is 23.1. The molecule has 1 aliphatic rings. The third kappa shape index (κ3) is 3.82. The van der Waals surface area contributed by atoms with Gasteiger partial charge in [0.1, 0.15) is 11.9 Å². The molecule has 1 aromatic heterocycles. The van der Waals surface area contributed by atoms with E-state index < -0.39 is 6.04 Å². The summed E-state index contributed by atoms with van der Waals surface area (Å²) in [6.45, 7) is 2.03. The summed E-state index contributed by atoms with van der Waals surface area (Å²) >= 11 is 3.45. The molecular formula is C25H21BrN6O. The average Bonchev–Trinajstić information content (AvgIpc) is 3.26. The van der Waals surface area contributed by atoms with Gasteiger partial charge in [0.2, 0.25) is 5.96 Å². The molecule has 0 aliphatic carbocycles. The summed E-state index contributed by atoms with van der Waals surface area (Å²) in [5.74, 6) is 0.286. The highest BCUT2D eigenvalue weighted by molar-refractivity contribution is 9.10. The fourth-order valence-corrected chi connectivity index (χ4v) is 4.33. The normalized spacial score (nSPS) is 15.6. The Morgan fingerprint density at radius 1 is 1.06 bits per heavy atom. The van der Waals surface area contributed by atoms with Crippen molar-refractivity contribution in [3.8, 4) is 5.69 Å². The molecule has 4 aromatic rings. The lowest BCUT2D eigenvalue weighted by atomic mass is 10.0. The zero-order valence-electron chi connectivity index (χ0n) is 17.9. The molecule has 0 saturated carbocycles. The van der Waals surface area contributed by atoms with Crippen molar-refractivity contribution >= 4 is 38.5 Å². The Morgan fingerprint density at radius 2 is 1.76 bits per heavy atom. The Labute approximate surface area is 198 Å². The summed E-state index contributed by atoms with van der Waals surface area (Å²) in [5, 5.41) is 14.8. The Kier molecular flexibility index (Phi) is 5.30. The molecule has 1 aliphatic heterocycles. The van der Waals surface area contributed by atoms with Crippen LogP contribution in [0.4, 0.5) is 0 Å². The Bertz CT molecular complexity index is 1460. The lowest BCUT2D eigenvalue weighted by Gasteiger charge is -2.24. The number of nitrogens with two attached hydrogens (primary N) is 1. The summed E-state index contributed by atoms with van der Waals surface area (Å²) in [7, 11) is 0. The van der Waals surface area contributed by atoms with Gasteiger partial charge in [0, 0.05) is 10.9 Å². The molecule has 7 nitrogen and oxygen atoms in total. The number of hydrogen-bond donors (Lipinski definition) is 2. The Morgan fingerprint density at radius 3 is 2.45 bits per heavy atom. The van der Waals surface area contributed by atoms with Gasteiger partial charge in [0.05, 0.1) is 22.3 Å². The third-order valence-corrected chi connectivity index (χ3v) is 6.26. The second-order valence-corrected chi connectivity index (χ2v) is 8.88. The molecule has 8 heteroatoms. The number of aryl methyl sites for hydroxylation is 1. The van der Waals surface area contributed by atoms with Crippen LogP contribution in [0.5, 0.6) is 0 Å². The fraction of sp³-hybridized carbons (Fsp3) is 0.120. The first kappa shape index (κ1) is 21.1. The van der Waals surface area contributed by atoms with Gasteiger partial charge in [-0.2, -0.15) is 5.10 Å². The van der Waals surface area contributed by atoms with Crippen LogP contribution in [0.15, 0.2) is 87.2 Å². The van der Waals surface area contributed by atoms with Gasteiger partial charge in [-0.25, -0.2) is 9.99 Å². The first-order valence-corrected chi connectivity index (χ1v) is 11.3. The van der Waals surface area contributed by atoms with E-state index in [0.717, 1.165) is 21.3 Å². The zero-order valence-corrected chi connectivity index (χ0v) is 19.5. The molecule has 0 bridgehead atoms. The van der Waals surface area contributed by atoms with Crippen LogP contribution in [0.1, 0.15) is 29.4 Å². The lowest BCUT2D eigenvalue weighted by Crippen LogP contribution is -2.36. The van der Waals surface area contributed by atoms with Crippen molar-refractivity contribution in [3.05, 3.63) is 105 Å². The Balaban J connectivity index is 1.70. The first-order valence-electron chi connectivity index (χ1n) is 10.5. The van der Waals surface area contributed by atoms with E-state index in [1.807, 2.05) is 73.7 Å². The molecule has 0 saturated heterocycles. The van der Waals surface area contributed by atoms with Crippen LogP contribution in [-0.4, -0.2) is 26.2 Å². The summed E-state index contributed by atoms with van der Waals surface area (Å²) in [4.78, 5) is 18.5. The Hall–Kier alpha value is -3.78. The van der Waals surface area contributed by atoms with Gasteiger partial charge >= 0.3 is 0 Å². The number of benzene rings is 3. The number of aromatic nitrogens is 2. The van der Waals surface area contributed by atoms with Gasteiger partial charge in [-0.05, 0) is 48.9 Å². The maximum atomic E-state index is 13.6. The second kappa shape index (κ2) is 8.29. The highest BCUT2D eigenvalue weighted by Gasteiger charge is 2.34. The van der Waals surface area contributed by atoms with E-state index in [1.165, 1.54) is 5.01 Å². The number of para-hydroxylation sites is 1. The highest BCUT2D eigenvalue weighted by atomic mass is 79.9. The van der Waals surface area contributed by atoms with Crippen LogP contribution in [0.2, 0.25) is 0 Å². The molecule has 0 fully saturated rings. The predicted octanol–water partition coefficient (Wildman–Crippen LogP) is 4.50. The van der Waals surface area contributed by atoms with Crippen molar-refractivity contribution in [2.24, 2.45) is 10.8 Å². The van der Waals surface area contributed by atoms with Crippen LogP contribution < -0.4 is 11.3 Å². The van der Waals surface area contributed by atoms with Crippen molar-refractivity contribution in [2.45, 2.75) is 19.4 Å². The van der Waals surface area contributed by atoms with Crippen LogP contribution in [0.25, 0.3) is 16.6 Å². The number of hydrogen-bond acceptors (Lipinski definition) is 4. The quantitative estimate of drug-likeness (QED) is 0.319. The smallest absolute Gasteiger partial charge is 0.266 e. The predicted molar refractivity (Wildman–Crippen MR) is 134 cm³/mol. The van der Waals surface area contributed by atoms with Crippen molar-refractivity contribution in [1.29, 1.82) is 5.41 Å². The highest BCUT2D eigenvalue weighted by Crippen LogP contribution is 2.33. The van der Waals surface area contributed by atoms with Crippen LogP contribution >= 0.6 is 15.9 Å². The third-order valence-electron chi connectivity index (χ3n) is 5.73. The monoisotopic (exact) mass is 500 g/mol. The SMILES string of the molecule is Cc1ccc(C2=NN(C(=N)N)C(c3nc4ccccc4c(=O)n3-c3ccc(Br)cc3)C2)cc1. The van der Waals surface area contributed by atoms with E-state index >= 15 is 0 Å².